The summed E-state index contributed by atoms with van der Waals surface area (Å²) in [6.07, 6.45) is 1.68. The van der Waals surface area contributed by atoms with Gasteiger partial charge in [0.05, 0.1) is 12.5 Å². The van der Waals surface area contributed by atoms with Crippen molar-refractivity contribution in [1.29, 1.82) is 0 Å². The van der Waals surface area contributed by atoms with Gasteiger partial charge in [-0.1, -0.05) is 102 Å². The third-order valence-electron chi connectivity index (χ3n) is 4.78. The molecule has 0 saturated heterocycles. The molecule has 3 aromatic carbocycles. The van der Waals surface area contributed by atoms with Crippen molar-refractivity contribution in [2.24, 2.45) is 0 Å². The molecule has 0 unspecified atom stereocenters. The summed E-state index contributed by atoms with van der Waals surface area (Å²) in [5.74, 6) is -0.347. The summed E-state index contributed by atoms with van der Waals surface area (Å²) in [7, 11) is 0. The number of aromatic nitrogens is 2. The third-order valence-corrected chi connectivity index (χ3v) is 5.42. The topological polar surface area (TPSA) is 46.9 Å². The highest BCUT2D eigenvalue weighted by molar-refractivity contribution is 6.33. The highest BCUT2D eigenvalue weighted by Crippen LogP contribution is 2.28. The smallest absolute Gasteiger partial charge is 0.237 e. The van der Waals surface area contributed by atoms with Crippen molar-refractivity contribution in [2.75, 3.05) is 5.32 Å². The van der Waals surface area contributed by atoms with Gasteiger partial charge in [0.15, 0.2) is 5.82 Å². The Hall–Kier alpha value is -3.08. The first-order valence-corrected chi connectivity index (χ1v) is 10.2. The Labute approximate surface area is 185 Å². The van der Waals surface area contributed by atoms with Gasteiger partial charge in [-0.05, 0) is 22.8 Å². The molecule has 0 aliphatic carbocycles. The molecule has 1 heterocycles. The number of nitrogens with one attached hydrogen (secondary N) is 1. The number of nitrogens with zero attached hydrogens (tertiary/aromatic N) is 2. The first-order chi connectivity index (χ1) is 14.6. The zero-order valence-electron chi connectivity index (χ0n) is 16.0. The predicted octanol–water partition coefficient (Wildman–Crippen LogP) is 6.01. The van der Waals surface area contributed by atoms with E-state index in [-0.39, 0.29) is 5.91 Å². The number of hydrogen-bond donors (Lipinski definition) is 1. The van der Waals surface area contributed by atoms with Crippen LogP contribution in [0.2, 0.25) is 10.0 Å². The molecule has 0 aliphatic rings. The molecule has 1 aromatic heterocycles. The molecule has 0 bridgehead atoms. The van der Waals surface area contributed by atoms with E-state index in [1.165, 1.54) is 0 Å². The van der Waals surface area contributed by atoms with Crippen LogP contribution >= 0.6 is 23.2 Å². The van der Waals surface area contributed by atoms with Gasteiger partial charge in [-0.15, -0.1) is 0 Å². The average molecular weight is 436 g/mol. The van der Waals surface area contributed by atoms with Crippen molar-refractivity contribution in [3.8, 4) is 0 Å². The fourth-order valence-electron chi connectivity index (χ4n) is 3.34. The van der Waals surface area contributed by atoms with Gasteiger partial charge < -0.3 is 5.32 Å². The molecule has 1 amide bonds. The minimum Gasteiger partial charge on any atom is -0.307 e. The van der Waals surface area contributed by atoms with E-state index >= 15 is 0 Å². The van der Waals surface area contributed by atoms with E-state index in [2.05, 4.69) is 10.4 Å². The van der Waals surface area contributed by atoms with Crippen molar-refractivity contribution in [1.82, 2.24) is 9.78 Å². The molecule has 150 valence electrons. The first-order valence-electron chi connectivity index (χ1n) is 9.49. The van der Waals surface area contributed by atoms with E-state index in [1.54, 1.807) is 10.9 Å². The van der Waals surface area contributed by atoms with Gasteiger partial charge in [0, 0.05) is 11.2 Å². The maximum absolute atomic E-state index is 13.2. The third kappa shape index (κ3) is 4.56. The number of amides is 1. The Bertz CT molecular complexity index is 1100. The molecular weight excluding hydrogens is 417 g/mol. The monoisotopic (exact) mass is 435 g/mol. The Balaban J connectivity index is 1.59. The van der Waals surface area contributed by atoms with Crippen molar-refractivity contribution < 1.29 is 4.79 Å². The minimum atomic E-state index is -0.475. The fraction of sp³-hybridized carbons (Fsp3) is 0.0833. The zero-order chi connectivity index (χ0) is 20.9. The van der Waals surface area contributed by atoms with Crippen LogP contribution in [0.25, 0.3) is 0 Å². The van der Waals surface area contributed by atoms with Gasteiger partial charge in [-0.2, -0.15) is 5.10 Å². The maximum atomic E-state index is 13.2. The molecule has 0 atom stereocenters. The van der Waals surface area contributed by atoms with Crippen molar-refractivity contribution in [3.63, 3.8) is 0 Å². The van der Waals surface area contributed by atoms with E-state index < -0.39 is 5.92 Å². The van der Waals surface area contributed by atoms with Gasteiger partial charge in [-0.25, -0.2) is 0 Å². The minimum absolute atomic E-state index is 0.197. The van der Waals surface area contributed by atoms with Crippen LogP contribution in [0.15, 0.2) is 91.1 Å². The fourth-order valence-corrected chi connectivity index (χ4v) is 3.73. The number of carbonyl (C=O) groups is 1. The van der Waals surface area contributed by atoms with E-state index in [1.807, 2.05) is 84.9 Å². The Morgan fingerprint density at radius 2 is 1.40 bits per heavy atom. The lowest BCUT2D eigenvalue weighted by Gasteiger charge is -2.17. The van der Waals surface area contributed by atoms with E-state index in [0.29, 0.717) is 22.4 Å². The largest absolute Gasteiger partial charge is 0.307 e. The van der Waals surface area contributed by atoms with E-state index in [0.717, 1.165) is 16.7 Å². The van der Waals surface area contributed by atoms with E-state index in [9.17, 15) is 4.79 Å². The van der Waals surface area contributed by atoms with Crippen LogP contribution in [0.1, 0.15) is 22.6 Å². The molecule has 4 aromatic rings. The molecule has 4 rings (SSSR count). The second kappa shape index (κ2) is 9.16. The number of hydrogen-bond acceptors (Lipinski definition) is 2. The van der Waals surface area contributed by atoms with Crippen LogP contribution in [0, 0.1) is 0 Å². The number of anilines is 1. The summed E-state index contributed by atoms with van der Waals surface area (Å²) < 4.78 is 1.67. The van der Waals surface area contributed by atoms with Gasteiger partial charge >= 0.3 is 0 Å². The van der Waals surface area contributed by atoms with E-state index in [4.69, 9.17) is 23.2 Å². The Morgan fingerprint density at radius 1 is 0.833 bits per heavy atom. The normalized spacial score (nSPS) is 10.9. The Kier molecular flexibility index (Phi) is 6.17. The number of rotatable bonds is 6. The van der Waals surface area contributed by atoms with Gasteiger partial charge in [0.25, 0.3) is 0 Å². The zero-order valence-corrected chi connectivity index (χ0v) is 17.5. The molecule has 0 saturated carbocycles. The number of carbonyl (C=O) groups excluding carboxylic acids is 1. The van der Waals surface area contributed by atoms with Crippen LogP contribution < -0.4 is 5.32 Å². The maximum Gasteiger partial charge on any atom is 0.237 e. The molecule has 0 aliphatic heterocycles. The van der Waals surface area contributed by atoms with Gasteiger partial charge in [-0.3, -0.25) is 9.48 Å². The quantitative estimate of drug-likeness (QED) is 0.403. The lowest BCUT2D eigenvalue weighted by atomic mass is 9.90. The van der Waals surface area contributed by atoms with Crippen molar-refractivity contribution in [2.45, 2.75) is 12.5 Å². The van der Waals surface area contributed by atoms with Crippen molar-refractivity contribution in [3.05, 3.63) is 118 Å². The summed E-state index contributed by atoms with van der Waals surface area (Å²) in [6, 6.07) is 26.8. The van der Waals surface area contributed by atoms with Crippen LogP contribution in [0.4, 0.5) is 5.82 Å². The molecule has 0 fully saturated rings. The van der Waals surface area contributed by atoms with Crippen molar-refractivity contribution >= 4 is 34.9 Å². The first kappa shape index (κ1) is 20.2. The highest BCUT2D eigenvalue weighted by atomic mass is 35.5. The summed E-state index contributed by atoms with van der Waals surface area (Å²) >= 11 is 12.6. The van der Waals surface area contributed by atoms with Crippen LogP contribution in [0.3, 0.4) is 0 Å². The predicted molar refractivity (Wildman–Crippen MR) is 121 cm³/mol. The highest BCUT2D eigenvalue weighted by Gasteiger charge is 2.24. The molecule has 6 heteroatoms. The average Bonchev–Trinajstić information content (AvgIpc) is 3.10. The SMILES string of the molecule is O=C(Nc1nn(Cc2ccccc2Cl)cc1Cl)C(c1ccccc1)c1ccccc1. The Morgan fingerprint density at radius 3 is 2.00 bits per heavy atom. The molecule has 30 heavy (non-hydrogen) atoms. The molecule has 4 nitrogen and oxygen atoms in total. The molecular formula is C24H19Cl2N3O. The summed E-state index contributed by atoms with van der Waals surface area (Å²) in [4.78, 5) is 13.2. The van der Waals surface area contributed by atoms with Gasteiger partial charge in [0.2, 0.25) is 5.91 Å². The lowest BCUT2D eigenvalue weighted by Crippen LogP contribution is -2.22. The number of benzene rings is 3. The number of halogens is 2. The van der Waals surface area contributed by atoms with Gasteiger partial charge in [0.1, 0.15) is 5.02 Å². The second-order valence-corrected chi connectivity index (χ2v) is 7.67. The van der Waals surface area contributed by atoms with Crippen LogP contribution in [-0.2, 0) is 11.3 Å². The summed E-state index contributed by atoms with van der Waals surface area (Å²) in [5.41, 5.74) is 2.71. The molecule has 0 radical (unpaired) electrons. The molecule has 0 spiro atoms. The molecule has 1 N–H and O–H groups in total. The second-order valence-electron chi connectivity index (χ2n) is 6.86. The lowest BCUT2D eigenvalue weighted by molar-refractivity contribution is -0.116. The standard InChI is InChI=1S/C24H19Cl2N3O/c25-20-14-8-7-13-19(20)15-29-16-21(26)23(28-29)27-24(30)22(17-9-3-1-4-10-17)18-11-5-2-6-12-18/h1-14,16,22H,15H2,(H,27,28,30). The van der Waals surface area contributed by atoms with Crippen LogP contribution in [0.5, 0.6) is 0 Å². The summed E-state index contributed by atoms with van der Waals surface area (Å²) in [5, 5.41) is 8.37. The van der Waals surface area contributed by atoms with Crippen LogP contribution in [-0.4, -0.2) is 15.7 Å². The summed E-state index contributed by atoms with van der Waals surface area (Å²) in [6.45, 7) is 0.454.